The number of anilines is 1. The molecule has 0 saturated heterocycles. The molecule has 3 aromatic rings. The van der Waals surface area contributed by atoms with Gasteiger partial charge in [0.05, 0.1) is 17.0 Å². The van der Waals surface area contributed by atoms with Crippen LogP contribution in [-0.4, -0.2) is 50.0 Å². The Kier molecular flexibility index (Phi) is 10.3. The van der Waals surface area contributed by atoms with E-state index < -0.39 is 34.3 Å². The van der Waals surface area contributed by atoms with E-state index >= 15 is 0 Å². The molecule has 1 aliphatic rings. The molecule has 7 nitrogen and oxygen atoms in total. The summed E-state index contributed by atoms with van der Waals surface area (Å²) in [5.41, 5.74) is 1.46. The van der Waals surface area contributed by atoms with Gasteiger partial charge in [-0.2, -0.15) is 0 Å². The van der Waals surface area contributed by atoms with E-state index in [1.165, 1.54) is 11.0 Å². The first-order valence-electron chi connectivity index (χ1n) is 13.3. The molecule has 0 radical (unpaired) electrons. The van der Waals surface area contributed by atoms with Gasteiger partial charge in [0.15, 0.2) is 0 Å². The average Bonchev–Trinajstić information content (AvgIpc) is 3.44. The Morgan fingerprint density at radius 2 is 1.63 bits per heavy atom. The molecule has 218 valence electrons. The fourth-order valence-corrected chi connectivity index (χ4v) is 6.20. The van der Waals surface area contributed by atoms with Crippen molar-refractivity contribution in [1.29, 1.82) is 0 Å². The standard InChI is InChI=1S/C30H32Cl2FN3O4S/c1-41(39,40)36(24-15-16-27(33)26(32)18-24)20-29(37)35(19-22-11-5-8-14-25(22)31)28(17-21-9-3-2-4-10-21)30(38)34-23-12-6-7-13-23/h2-5,8-11,14-16,18,23,28H,6-7,12-13,17,19-20H2,1H3,(H,34,38). The van der Waals surface area contributed by atoms with Crippen LogP contribution in [0.15, 0.2) is 72.8 Å². The highest BCUT2D eigenvalue weighted by Gasteiger charge is 2.34. The quantitative estimate of drug-likeness (QED) is 0.303. The zero-order valence-electron chi connectivity index (χ0n) is 22.6. The summed E-state index contributed by atoms with van der Waals surface area (Å²) < 4.78 is 40.4. The molecule has 1 fully saturated rings. The van der Waals surface area contributed by atoms with Crippen LogP contribution in [0.25, 0.3) is 0 Å². The van der Waals surface area contributed by atoms with Gasteiger partial charge < -0.3 is 10.2 Å². The molecular weight excluding hydrogens is 588 g/mol. The highest BCUT2D eigenvalue weighted by atomic mass is 35.5. The van der Waals surface area contributed by atoms with Crippen molar-refractivity contribution in [1.82, 2.24) is 10.2 Å². The topological polar surface area (TPSA) is 86.8 Å². The molecule has 1 unspecified atom stereocenters. The second kappa shape index (κ2) is 13.7. The smallest absolute Gasteiger partial charge is 0.244 e. The lowest BCUT2D eigenvalue weighted by molar-refractivity contribution is -0.140. The van der Waals surface area contributed by atoms with Crippen molar-refractivity contribution in [3.05, 3.63) is 99.8 Å². The summed E-state index contributed by atoms with van der Waals surface area (Å²) in [6, 6.07) is 18.8. The van der Waals surface area contributed by atoms with Crippen LogP contribution in [0, 0.1) is 5.82 Å². The van der Waals surface area contributed by atoms with Crippen LogP contribution in [0.1, 0.15) is 36.8 Å². The number of rotatable bonds is 11. The van der Waals surface area contributed by atoms with Gasteiger partial charge in [0.2, 0.25) is 21.8 Å². The Morgan fingerprint density at radius 1 is 0.976 bits per heavy atom. The van der Waals surface area contributed by atoms with Gasteiger partial charge in [0, 0.05) is 24.0 Å². The summed E-state index contributed by atoms with van der Waals surface area (Å²) >= 11 is 12.4. The number of carbonyl (C=O) groups excluding carboxylic acids is 2. The zero-order valence-corrected chi connectivity index (χ0v) is 24.9. The number of sulfonamides is 1. The first kappa shape index (κ1) is 30.8. The molecule has 1 aliphatic carbocycles. The van der Waals surface area contributed by atoms with Crippen LogP contribution in [0.3, 0.4) is 0 Å². The lowest BCUT2D eigenvalue weighted by atomic mass is 10.0. The Balaban J connectivity index is 1.74. The average molecular weight is 621 g/mol. The third-order valence-corrected chi connectivity index (χ3v) is 8.94. The fraction of sp³-hybridized carbons (Fsp3) is 0.333. The van der Waals surface area contributed by atoms with Gasteiger partial charge in [-0.1, -0.05) is 84.6 Å². The van der Waals surface area contributed by atoms with E-state index in [-0.39, 0.29) is 35.6 Å². The molecule has 0 spiro atoms. The van der Waals surface area contributed by atoms with Gasteiger partial charge in [-0.15, -0.1) is 0 Å². The van der Waals surface area contributed by atoms with Crippen molar-refractivity contribution < 1.29 is 22.4 Å². The normalized spacial score (nSPS) is 14.4. The first-order valence-corrected chi connectivity index (χ1v) is 15.9. The number of nitrogens with zero attached hydrogens (tertiary/aromatic N) is 2. The van der Waals surface area contributed by atoms with E-state index in [1.807, 2.05) is 30.3 Å². The molecule has 0 heterocycles. The number of nitrogens with one attached hydrogen (secondary N) is 1. The van der Waals surface area contributed by atoms with Crippen molar-refractivity contribution in [3.8, 4) is 0 Å². The second-order valence-electron chi connectivity index (χ2n) is 10.2. The van der Waals surface area contributed by atoms with Gasteiger partial charge in [0.25, 0.3) is 0 Å². The molecule has 1 saturated carbocycles. The lowest BCUT2D eigenvalue weighted by Crippen LogP contribution is -2.54. The fourth-order valence-electron chi connectivity index (χ4n) is 4.99. The number of carbonyl (C=O) groups is 2. The van der Waals surface area contributed by atoms with Crippen molar-refractivity contribution in [2.45, 2.75) is 50.7 Å². The van der Waals surface area contributed by atoms with E-state index in [2.05, 4.69) is 5.32 Å². The Morgan fingerprint density at radius 3 is 2.27 bits per heavy atom. The molecule has 41 heavy (non-hydrogen) atoms. The number of amides is 2. The SMILES string of the molecule is CS(=O)(=O)N(CC(=O)N(Cc1ccccc1Cl)C(Cc1ccccc1)C(=O)NC1CCCC1)c1ccc(F)c(Cl)c1. The Labute approximate surface area is 250 Å². The van der Waals surface area contributed by atoms with E-state index in [0.29, 0.717) is 10.6 Å². The highest BCUT2D eigenvalue weighted by Crippen LogP contribution is 2.26. The van der Waals surface area contributed by atoms with Crippen molar-refractivity contribution in [2.24, 2.45) is 0 Å². The summed E-state index contributed by atoms with van der Waals surface area (Å²) in [4.78, 5) is 29.3. The Bertz CT molecular complexity index is 1480. The zero-order chi connectivity index (χ0) is 29.6. The van der Waals surface area contributed by atoms with Gasteiger partial charge >= 0.3 is 0 Å². The number of hydrogen-bond donors (Lipinski definition) is 1. The summed E-state index contributed by atoms with van der Waals surface area (Å²) in [6.45, 7) is -0.664. The molecule has 0 bridgehead atoms. The highest BCUT2D eigenvalue weighted by molar-refractivity contribution is 7.92. The second-order valence-corrected chi connectivity index (χ2v) is 12.9. The molecule has 2 amide bonds. The maximum Gasteiger partial charge on any atom is 0.244 e. The van der Waals surface area contributed by atoms with Crippen LogP contribution in [-0.2, 0) is 32.6 Å². The van der Waals surface area contributed by atoms with E-state index in [1.54, 1.807) is 24.3 Å². The minimum absolute atomic E-state index is 0.00640. The number of halogens is 3. The molecule has 11 heteroatoms. The molecular formula is C30H32Cl2FN3O4S. The maximum atomic E-state index is 14.1. The third kappa shape index (κ3) is 8.21. The van der Waals surface area contributed by atoms with Gasteiger partial charge in [0.1, 0.15) is 18.4 Å². The molecule has 3 aromatic carbocycles. The summed E-state index contributed by atoms with van der Waals surface area (Å²) in [5.74, 6) is -1.67. The van der Waals surface area contributed by atoms with Gasteiger partial charge in [-0.05, 0) is 48.2 Å². The molecule has 1 N–H and O–H groups in total. The van der Waals surface area contributed by atoms with E-state index in [9.17, 15) is 22.4 Å². The minimum atomic E-state index is -4.00. The van der Waals surface area contributed by atoms with Crippen molar-refractivity contribution >= 4 is 50.7 Å². The van der Waals surface area contributed by atoms with Gasteiger partial charge in [-0.25, -0.2) is 12.8 Å². The largest absolute Gasteiger partial charge is 0.352 e. The van der Waals surface area contributed by atoms with E-state index in [4.69, 9.17) is 23.2 Å². The monoisotopic (exact) mass is 619 g/mol. The summed E-state index contributed by atoms with van der Waals surface area (Å²) in [7, 11) is -4.00. The lowest BCUT2D eigenvalue weighted by Gasteiger charge is -2.34. The van der Waals surface area contributed by atoms with Crippen LogP contribution in [0.4, 0.5) is 10.1 Å². The summed E-state index contributed by atoms with van der Waals surface area (Å²) in [6.07, 6.45) is 4.89. The van der Waals surface area contributed by atoms with Crippen LogP contribution in [0.2, 0.25) is 10.0 Å². The number of benzene rings is 3. The predicted molar refractivity (Wildman–Crippen MR) is 160 cm³/mol. The molecule has 1 atom stereocenters. The molecule has 4 rings (SSSR count). The van der Waals surface area contributed by atoms with Crippen molar-refractivity contribution in [2.75, 3.05) is 17.1 Å². The predicted octanol–water partition coefficient (Wildman–Crippen LogP) is 5.60. The maximum absolute atomic E-state index is 14.1. The third-order valence-electron chi connectivity index (χ3n) is 7.14. The van der Waals surface area contributed by atoms with Crippen LogP contribution in [0.5, 0.6) is 0 Å². The first-order chi connectivity index (χ1) is 19.5. The molecule has 0 aliphatic heterocycles. The van der Waals surface area contributed by atoms with Crippen molar-refractivity contribution in [3.63, 3.8) is 0 Å². The molecule has 0 aromatic heterocycles. The summed E-state index contributed by atoms with van der Waals surface area (Å²) in [5, 5.41) is 3.23. The van der Waals surface area contributed by atoms with Crippen LogP contribution < -0.4 is 9.62 Å². The van der Waals surface area contributed by atoms with E-state index in [0.717, 1.165) is 53.9 Å². The Hall–Kier alpha value is -3.14. The van der Waals surface area contributed by atoms with Crippen LogP contribution >= 0.6 is 23.2 Å². The number of hydrogen-bond acceptors (Lipinski definition) is 4. The van der Waals surface area contributed by atoms with Gasteiger partial charge in [-0.3, -0.25) is 13.9 Å². The minimum Gasteiger partial charge on any atom is -0.352 e.